The van der Waals surface area contributed by atoms with E-state index in [1.807, 2.05) is 0 Å². The summed E-state index contributed by atoms with van der Waals surface area (Å²) in [4.78, 5) is 0. The van der Waals surface area contributed by atoms with E-state index in [4.69, 9.17) is 0 Å². The first-order valence-corrected chi connectivity index (χ1v) is 7.67. The number of hydrogen-bond acceptors (Lipinski definition) is 1. The number of rotatable bonds is 8. The van der Waals surface area contributed by atoms with Crippen molar-refractivity contribution in [1.82, 2.24) is 5.32 Å². The van der Waals surface area contributed by atoms with E-state index in [9.17, 15) is 0 Å². The monoisotopic (exact) mass is 245 g/mol. The molecule has 1 fully saturated rings. The molecular formula is C17H27N. The highest BCUT2D eigenvalue weighted by molar-refractivity contribution is 5.32. The minimum Gasteiger partial charge on any atom is -0.314 e. The molecule has 0 amide bonds. The van der Waals surface area contributed by atoms with Gasteiger partial charge in [-0.15, -0.1) is 0 Å². The molecule has 0 heterocycles. The molecule has 0 unspecified atom stereocenters. The van der Waals surface area contributed by atoms with Gasteiger partial charge in [-0.25, -0.2) is 0 Å². The van der Waals surface area contributed by atoms with Gasteiger partial charge in [0.1, 0.15) is 0 Å². The number of benzene rings is 1. The molecule has 1 aromatic rings. The summed E-state index contributed by atoms with van der Waals surface area (Å²) in [6.45, 7) is 5.71. The Labute approximate surface area is 112 Å². The summed E-state index contributed by atoms with van der Waals surface area (Å²) in [5, 5.41) is 3.59. The maximum Gasteiger partial charge on any atom is 0.00682 e. The lowest BCUT2D eigenvalue weighted by Crippen LogP contribution is -2.17. The third kappa shape index (κ3) is 4.13. The Morgan fingerprint density at radius 2 is 1.89 bits per heavy atom. The summed E-state index contributed by atoms with van der Waals surface area (Å²) in [6.07, 6.45) is 9.01. The highest BCUT2D eigenvalue weighted by Crippen LogP contribution is 2.19. The topological polar surface area (TPSA) is 12.0 Å². The molecule has 18 heavy (non-hydrogen) atoms. The quantitative estimate of drug-likeness (QED) is 0.685. The fraction of sp³-hybridized carbons (Fsp3) is 0.647. The average molecular weight is 245 g/mol. The van der Waals surface area contributed by atoms with E-state index in [-0.39, 0.29) is 0 Å². The zero-order chi connectivity index (χ0) is 12.8. The van der Waals surface area contributed by atoms with E-state index in [1.165, 1.54) is 50.6 Å². The molecule has 0 spiro atoms. The first-order chi connectivity index (χ1) is 8.83. The molecule has 1 aliphatic rings. The number of aryl methyl sites for hydroxylation is 3. The van der Waals surface area contributed by atoms with Gasteiger partial charge in [0.2, 0.25) is 0 Å². The second-order valence-electron chi connectivity index (χ2n) is 5.50. The Kier molecular flexibility index (Phi) is 5.25. The largest absolute Gasteiger partial charge is 0.314 e. The number of unbranched alkanes of at least 4 members (excludes halogenated alkanes) is 1. The van der Waals surface area contributed by atoms with E-state index >= 15 is 0 Å². The van der Waals surface area contributed by atoms with Gasteiger partial charge in [0.25, 0.3) is 0 Å². The SMILES string of the molecule is CCc1ccc(CC)c(CCCCNC2CC2)c1. The molecule has 1 aromatic carbocycles. The van der Waals surface area contributed by atoms with Crippen molar-refractivity contribution in [3.63, 3.8) is 0 Å². The van der Waals surface area contributed by atoms with Crippen LogP contribution in [0.3, 0.4) is 0 Å². The Balaban J connectivity index is 1.78. The van der Waals surface area contributed by atoms with Crippen LogP contribution in [-0.4, -0.2) is 12.6 Å². The maximum atomic E-state index is 3.59. The number of nitrogens with one attached hydrogen (secondary N) is 1. The molecule has 0 radical (unpaired) electrons. The smallest absolute Gasteiger partial charge is 0.00682 e. The van der Waals surface area contributed by atoms with E-state index in [0.717, 1.165) is 12.5 Å². The van der Waals surface area contributed by atoms with Crippen LogP contribution in [0.4, 0.5) is 0 Å². The lowest BCUT2D eigenvalue weighted by Gasteiger charge is -2.10. The van der Waals surface area contributed by atoms with E-state index in [2.05, 4.69) is 37.4 Å². The van der Waals surface area contributed by atoms with Crippen LogP contribution < -0.4 is 5.32 Å². The lowest BCUT2D eigenvalue weighted by molar-refractivity contribution is 0.618. The summed E-state index contributed by atoms with van der Waals surface area (Å²) < 4.78 is 0. The van der Waals surface area contributed by atoms with Gasteiger partial charge < -0.3 is 5.32 Å². The molecule has 0 aromatic heterocycles. The zero-order valence-electron chi connectivity index (χ0n) is 12.0. The van der Waals surface area contributed by atoms with Gasteiger partial charge in [0, 0.05) is 6.04 Å². The number of hydrogen-bond donors (Lipinski definition) is 1. The van der Waals surface area contributed by atoms with Crippen molar-refractivity contribution < 1.29 is 0 Å². The summed E-state index contributed by atoms with van der Waals surface area (Å²) in [7, 11) is 0. The van der Waals surface area contributed by atoms with Crippen LogP contribution in [0.15, 0.2) is 18.2 Å². The second-order valence-corrected chi connectivity index (χ2v) is 5.50. The van der Waals surface area contributed by atoms with Gasteiger partial charge in [-0.3, -0.25) is 0 Å². The van der Waals surface area contributed by atoms with Crippen molar-refractivity contribution in [1.29, 1.82) is 0 Å². The van der Waals surface area contributed by atoms with Gasteiger partial charge in [-0.1, -0.05) is 32.0 Å². The molecule has 1 aliphatic carbocycles. The van der Waals surface area contributed by atoms with Gasteiger partial charge >= 0.3 is 0 Å². The molecule has 1 nitrogen and oxygen atoms in total. The van der Waals surface area contributed by atoms with Crippen molar-refractivity contribution in [3.05, 3.63) is 34.9 Å². The third-order valence-corrected chi connectivity index (χ3v) is 3.94. The lowest BCUT2D eigenvalue weighted by atomic mass is 9.97. The molecule has 0 aliphatic heterocycles. The minimum absolute atomic E-state index is 0.861. The Hall–Kier alpha value is -0.820. The maximum absolute atomic E-state index is 3.59. The van der Waals surface area contributed by atoms with Crippen molar-refractivity contribution >= 4 is 0 Å². The van der Waals surface area contributed by atoms with Crippen molar-refractivity contribution in [3.8, 4) is 0 Å². The van der Waals surface area contributed by atoms with Crippen LogP contribution in [0, 0.1) is 0 Å². The van der Waals surface area contributed by atoms with Crippen molar-refractivity contribution in [2.45, 2.75) is 64.8 Å². The standard InChI is InChI=1S/C17H27N/c1-3-14-8-9-15(4-2)16(13-14)7-5-6-12-18-17-10-11-17/h8-9,13,17-18H,3-7,10-12H2,1-2H3. The van der Waals surface area contributed by atoms with Crippen LogP contribution in [0.25, 0.3) is 0 Å². The second kappa shape index (κ2) is 6.94. The molecule has 2 rings (SSSR count). The Morgan fingerprint density at radius 3 is 2.56 bits per heavy atom. The van der Waals surface area contributed by atoms with E-state index < -0.39 is 0 Å². The molecule has 0 atom stereocenters. The van der Waals surface area contributed by atoms with Crippen LogP contribution in [0.1, 0.15) is 56.2 Å². The van der Waals surface area contributed by atoms with Crippen molar-refractivity contribution in [2.75, 3.05) is 6.54 Å². The molecule has 100 valence electrons. The molecule has 0 saturated heterocycles. The van der Waals surface area contributed by atoms with Gasteiger partial charge in [-0.05, 0) is 68.2 Å². The van der Waals surface area contributed by atoms with Crippen LogP contribution in [-0.2, 0) is 19.3 Å². The van der Waals surface area contributed by atoms with Gasteiger partial charge in [0.15, 0.2) is 0 Å². The summed E-state index contributed by atoms with van der Waals surface area (Å²) in [6, 6.07) is 7.90. The highest BCUT2D eigenvalue weighted by atomic mass is 14.9. The van der Waals surface area contributed by atoms with Gasteiger partial charge in [0.05, 0.1) is 0 Å². The predicted octanol–water partition coefficient (Wildman–Crippen LogP) is 3.89. The van der Waals surface area contributed by atoms with Gasteiger partial charge in [-0.2, -0.15) is 0 Å². The minimum atomic E-state index is 0.861. The molecule has 1 saturated carbocycles. The summed E-state index contributed by atoms with van der Waals surface area (Å²) >= 11 is 0. The van der Waals surface area contributed by atoms with Crippen LogP contribution in [0.5, 0.6) is 0 Å². The zero-order valence-corrected chi connectivity index (χ0v) is 12.0. The third-order valence-electron chi connectivity index (χ3n) is 3.94. The highest BCUT2D eigenvalue weighted by Gasteiger charge is 2.19. The van der Waals surface area contributed by atoms with E-state index in [1.54, 1.807) is 11.1 Å². The molecular weight excluding hydrogens is 218 g/mol. The Bertz CT molecular complexity index is 366. The van der Waals surface area contributed by atoms with E-state index in [0.29, 0.717) is 0 Å². The molecule has 1 N–H and O–H groups in total. The van der Waals surface area contributed by atoms with Crippen LogP contribution >= 0.6 is 0 Å². The summed E-state index contributed by atoms with van der Waals surface area (Å²) in [5.74, 6) is 0. The predicted molar refractivity (Wildman–Crippen MR) is 79.2 cm³/mol. The first kappa shape index (κ1) is 13.6. The van der Waals surface area contributed by atoms with Crippen molar-refractivity contribution in [2.24, 2.45) is 0 Å². The average Bonchev–Trinajstić information content (AvgIpc) is 3.22. The fourth-order valence-corrected chi connectivity index (χ4v) is 2.51. The molecule has 1 heteroatoms. The molecule has 0 bridgehead atoms. The first-order valence-electron chi connectivity index (χ1n) is 7.67. The fourth-order valence-electron chi connectivity index (χ4n) is 2.51. The van der Waals surface area contributed by atoms with Crippen LogP contribution in [0.2, 0.25) is 0 Å². The normalized spacial score (nSPS) is 15.0. The summed E-state index contributed by atoms with van der Waals surface area (Å²) in [5.41, 5.74) is 4.61. The Morgan fingerprint density at radius 1 is 1.06 bits per heavy atom.